The molecule has 0 heterocycles. The molecule has 1 unspecified atom stereocenters. The van der Waals surface area contributed by atoms with Gasteiger partial charge in [-0.25, -0.2) is 0 Å². The first-order chi connectivity index (χ1) is 10.2. The molecule has 2 heteroatoms. The molecule has 1 aromatic carbocycles. The van der Waals surface area contributed by atoms with Gasteiger partial charge in [-0.15, -0.1) is 0 Å². The Bertz CT molecular complexity index is 397. The molecule has 0 aromatic heterocycles. The van der Waals surface area contributed by atoms with Crippen molar-refractivity contribution in [2.24, 2.45) is 5.92 Å². The van der Waals surface area contributed by atoms with Crippen molar-refractivity contribution in [2.45, 2.75) is 65.8 Å². The quantitative estimate of drug-likeness (QED) is 0.635. The van der Waals surface area contributed by atoms with Crippen LogP contribution in [0.25, 0.3) is 0 Å². The molecule has 0 fully saturated rings. The van der Waals surface area contributed by atoms with Gasteiger partial charge < -0.3 is 10.1 Å². The maximum Gasteiger partial charge on any atom is 0.119 e. The molecule has 120 valence electrons. The number of benzene rings is 1. The summed E-state index contributed by atoms with van der Waals surface area (Å²) in [6.07, 6.45) is 6.27. The average Bonchev–Trinajstić information content (AvgIpc) is 2.49. The van der Waals surface area contributed by atoms with Crippen LogP contribution in [0, 0.1) is 12.8 Å². The van der Waals surface area contributed by atoms with Gasteiger partial charge in [0.05, 0.1) is 7.11 Å². The van der Waals surface area contributed by atoms with Crippen LogP contribution in [0.2, 0.25) is 0 Å². The molecule has 2 nitrogen and oxygen atoms in total. The Morgan fingerprint density at radius 3 is 2.19 bits per heavy atom. The summed E-state index contributed by atoms with van der Waals surface area (Å²) < 4.78 is 5.35. The summed E-state index contributed by atoms with van der Waals surface area (Å²) in [5, 5.41) is 3.79. The normalized spacial score (nSPS) is 12.7. The molecule has 1 N–H and O–H groups in total. The summed E-state index contributed by atoms with van der Waals surface area (Å²) in [6, 6.07) is 6.97. The van der Waals surface area contributed by atoms with E-state index in [1.54, 1.807) is 7.11 Å². The largest absolute Gasteiger partial charge is 0.497 e. The molecular formula is C19H33NO. The molecule has 0 aliphatic carbocycles. The van der Waals surface area contributed by atoms with Crippen LogP contribution in [0.3, 0.4) is 0 Å². The van der Waals surface area contributed by atoms with Gasteiger partial charge in [0.2, 0.25) is 0 Å². The first kappa shape index (κ1) is 18.0. The predicted octanol–water partition coefficient (Wildman–Crippen LogP) is 5.26. The van der Waals surface area contributed by atoms with Gasteiger partial charge in [0.15, 0.2) is 0 Å². The van der Waals surface area contributed by atoms with Gasteiger partial charge in [-0.05, 0) is 61.9 Å². The number of hydrogen-bond acceptors (Lipinski definition) is 2. The molecule has 1 atom stereocenters. The smallest absolute Gasteiger partial charge is 0.119 e. The highest BCUT2D eigenvalue weighted by atomic mass is 16.5. The van der Waals surface area contributed by atoms with Gasteiger partial charge in [-0.2, -0.15) is 0 Å². The SMILES string of the molecule is CCCNC(c1ccc(OC)cc1C)C(CCC)CCC. The minimum absolute atomic E-state index is 0.468. The third-order valence-electron chi connectivity index (χ3n) is 4.22. The van der Waals surface area contributed by atoms with Crippen LogP contribution in [0.5, 0.6) is 5.75 Å². The Kier molecular flexibility index (Phi) is 8.44. The van der Waals surface area contributed by atoms with E-state index < -0.39 is 0 Å². The molecule has 1 rings (SSSR count). The van der Waals surface area contributed by atoms with E-state index >= 15 is 0 Å². The second-order valence-corrected chi connectivity index (χ2v) is 5.99. The molecule has 0 amide bonds. The fourth-order valence-corrected chi connectivity index (χ4v) is 3.17. The van der Waals surface area contributed by atoms with Crippen LogP contribution in [-0.2, 0) is 0 Å². The van der Waals surface area contributed by atoms with Crippen LogP contribution < -0.4 is 10.1 Å². The van der Waals surface area contributed by atoms with E-state index in [0.717, 1.165) is 18.2 Å². The number of methoxy groups -OCH3 is 1. The summed E-state index contributed by atoms with van der Waals surface area (Å²) in [5.41, 5.74) is 2.77. The van der Waals surface area contributed by atoms with Crippen molar-refractivity contribution in [3.8, 4) is 5.75 Å². The number of nitrogens with one attached hydrogen (secondary N) is 1. The van der Waals surface area contributed by atoms with E-state index in [1.165, 1.54) is 43.2 Å². The topological polar surface area (TPSA) is 21.3 Å². The molecule has 0 bridgehead atoms. The van der Waals surface area contributed by atoms with Crippen LogP contribution in [-0.4, -0.2) is 13.7 Å². The Morgan fingerprint density at radius 2 is 1.71 bits per heavy atom. The van der Waals surface area contributed by atoms with Gasteiger partial charge in [0.25, 0.3) is 0 Å². The highest BCUT2D eigenvalue weighted by Gasteiger charge is 2.22. The molecule has 21 heavy (non-hydrogen) atoms. The number of rotatable bonds is 10. The van der Waals surface area contributed by atoms with Crippen molar-refractivity contribution in [3.63, 3.8) is 0 Å². The van der Waals surface area contributed by atoms with E-state index in [-0.39, 0.29) is 0 Å². The zero-order chi connectivity index (χ0) is 15.7. The van der Waals surface area contributed by atoms with E-state index in [4.69, 9.17) is 4.74 Å². The molecule has 0 aliphatic rings. The number of hydrogen-bond donors (Lipinski definition) is 1. The molecule has 0 spiro atoms. The zero-order valence-electron chi connectivity index (χ0n) is 14.5. The molecule has 0 aliphatic heterocycles. The number of aryl methyl sites for hydroxylation is 1. The average molecular weight is 291 g/mol. The van der Waals surface area contributed by atoms with Crippen molar-refractivity contribution < 1.29 is 4.74 Å². The molecule has 0 saturated carbocycles. The van der Waals surface area contributed by atoms with Crippen LogP contribution in [0.15, 0.2) is 18.2 Å². The van der Waals surface area contributed by atoms with Crippen molar-refractivity contribution >= 4 is 0 Å². The Labute approximate surface area is 131 Å². The Hall–Kier alpha value is -1.02. The first-order valence-electron chi connectivity index (χ1n) is 8.55. The van der Waals surface area contributed by atoms with Crippen LogP contribution in [0.1, 0.15) is 70.0 Å². The van der Waals surface area contributed by atoms with Crippen LogP contribution >= 0.6 is 0 Å². The maximum absolute atomic E-state index is 5.35. The standard InChI is InChI=1S/C19H33NO/c1-6-9-16(10-7-2)19(20-13-8-3)18-12-11-17(21-5)14-15(18)4/h11-12,14,16,19-20H,6-10,13H2,1-5H3. The van der Waals surface area contributed by atoms with E-state index in [0.29, 0.717) is 6.04 Å². The fraction of sp³-hybridized carbons (Fsp3) is 0.684. The summed E-state index contributed by atoms with van der Waals surface area (Å²) in [6.45, 7) is 10.1. The zero-order valence-corrected chi connectivity index (χ0v) is 14.5. The third-order valence-corrected chi connectivity index (χ3v) is 4.22. The lowest BCUT2D eigenvalue weighted by Crippen LogP contribution is -2.29. The second-order valence-electron chi connectivity index (χ2n) is 5.99. The van der Waals surface area contributed by atoms with Crippen molar-refractivity contribution in [1.82, 2.24) is 5.32 Å². The fourth-order valence-electron chi connectivity index (χ4n) is 3.17. The van der Waals surface area contributed by atoms with Gasteiger partial charge in [0.1, 0.15) is 5.75 Å². The van der Waals surface area contributed by atoms with E-state index in [1.807, 2.05) is 0 Å². The highest BCUT2D eigenvalue weighted by molar-refractivity contribution is 5.37. The molecule has 0 saturated heterocycles. The summed E-state index contributed by atoms with van der Waals surface area (Å²) in [4.78, 5) is 0. The second kappa shape index (κ2) is 9.83. The van der Waals surface area contributed by atoms with E-state index in [9.17, 15) is 0 Å². The Morgan fingerprint density at radius 1 is 1.05 bits per heavy atom. The lowest BCUT2D eigenvalue weighted by atomic mass is 9.84. The molecule has 1 aromatic rings. The minimum atomic E-state index is 0.468. The molecule has 0 radical (unpaired) electrons. The van der Waals surface area contributed by atoms with E-state index in [2.05, 4.69) is 51.2 Å². The lowest BCUT2D eigenvalue weighted by Gasteiger charge is -2.30. The lowest BCUT2D eigenvalue weighted by molar-refractivity contribution is 0.315. The Balaban J connectivity index is 3.04. The molecular weight excluding hydrogens is 258 g/mol. The summed E-state index contributed by atoms with van der Waals surface area (Å²) in [7, 11) is 1.73. The third kappa shape index (κ3) is 5.35. The highest BCUT2D eigenvalue weighted by Crippen LogP contribution is 2.33. The van der Waals surface area contributed by atoms with Gasteiger partial charge in [-0.1, -0.05) is 39.7 Å². The van der Waals surface area contributed by atoms with Gasteiger partial charge >= 0.3 is 0 Å². The summed E-state index contributed by atoms with van der Waals surface area (Å²) >= 11 is 0. The minimum Gasteiger partial charge on any atom is -0.497 e. The maximum atomic E-state index is 5.35. The predicted molar refractivity (Wildman–Crippen MR) is 92.1 cm³/mol. The first-order valence-corrected chi connectivity index (χ1v) is 8.55. The van der Waals surface area contributed by atoms with Crippen LogP contribution in [0.4, 0.5) is 0 Å². The summed E-state index contributed by atoms with van der Waals surface area (Å²) in [5.74, 6) is 1.67. The van der Waals surface area contributed by atoms with Gasteiger partial charge in [0, 0.05) is 6.04 Å². The van der Waals surface area contributed by atoms with Crippen molar-refractivity contribution in [1.29, 1.82) is 0 Å². The monoisotopic (exact) mass is 291 g/mol. The van der Waals surface area contributed by atoms with Gasteiger partial charge in [-0.3, -0.25) is 0 Å². The van der Waals surface area contributed by atoms with Crippen molar-refractivity contribution in [2.75, 3.05) is 13.7 Å². The number of ether oxygens (including phenoxy) is 1. The van der Waals surface area contributed by atoms with Crippen molar-refractivity contribution in [3.05, 3.63) is 29.3 Å².